The Morgan fingerprint density at radius 1 is 1.29 bits per heavy atom. The summed E-state index contributed by atoms with van der Waals surface area (Å²) in [7, 11) is 0. The molecule has 14 heavy (non-hydrogen) atoms. The number of halogens is 1. The zero-order valence-corrected chi connectivity index (χ0v) is 10.0. The van der Waals surface area contributed by atoms with E-state index in [0.29, 0.717) is 6.04 Å². The van der Waals surface area contributed by atoms with Gasteiger partial charge in [0.05, 0.1) is 0 Å². The molecule has 1 fully saturated rings. The minimum atomic E-state index is 0.664. The van der Waals surface area contributed by atoms with Crippen molar-refractivity contribution in [1.29, 1.82) is 0 Å². The van der Waals surface area contributed by atoms with Crippen molar-refractivity contribution in [1.82, 2.24) is 5.32 Å². The fraction of sp³-hybridized carbons (Fsp3) is 0.500. The molecule has 1 heterocycles. The third-order valence-corrected chi connectivity index (χ3v) is 3.49. The first kappa shape index (κ1) is 10.2. The zero-order valence-electron chi connectivity index (χ0n) is 8.46. The molecule has 0 spiro atoms. The fourth-order valence-electron chi connectivity index (χ4n) is 2.17. The molecule has 2 rings (SSSR count). The number of benzene rings is 1. The van der Waals surface area contributed by atoms with E-state index in [1.165, 1.54) is 22.9 Å². The van der Waals surface area contributed by atoms with Gasteiger partial charge >= 0.3 is 0 Å². The van der Waals surface area contributed by atoms with E-state index in [-0.39, 0.29) is 0 Å². The topological polar surface area (TPSA) is 12.0 Å². The molecule has 1 aliphatic rings. The summed E-state index contributed by atoms with van der Waals surface area (Å²) in [6.45, 7) is 3.42. The van der Waals surface area contributed by atoms with Crippen LogP contribution in [0.2, 0.25) is 0 Å². The number of nitrogens with one attached hydrogen (secondary N) is 1. The maximum absolute atomic E-state index is 3.48. The highest BCUT2D eigenvalue weighted by Crippen LogP contribution is 2.28. The Bertz CT molecular complexity index is 294. The number of piperidine rings is 1. The average Bonchev–Trinajstić information content (AvgIpc) is 2.19. The Hall–Kier alpha value is -0.340. The van der Waals surface area contributed by atoms with Crippen LogP contribution in [-0.2, 0) is 0 Å². The van der Waals surface area contributed by atoms with Gasteiger partial charge in [0.25, 0.3) is 0 Å². The molecule has 0 saturated carbocycles. The van der Waals surface area contributed by atoms with Crippen LogP contribution in [0.5, 0.6) is 0 Å². The lowest BCUT2D eigenvalue weighted by atomic mass is 9.87. The van der Waals surface area contributed by atoms with Gasteiger partial charge in [-0.2, -0.15) is 0 Å². The van der Waals surface area contributed by atoms with Crippen LogP contribution in [-0.4, -0.2) is 12.6 Å². The second kappa shape index (κ2) is 4.45. The van der Waals surface area contributed by atoms with Crippen LogP contribution in [0.3, 0.4) is 0 Å². The van der Waals surface area contributed by atoms with E-state index in [2.05, 4.69) is 52.4 Å². The quantitative estimate of drug-likeness (QED) is 0.810. The summed E-state index contributed by atoms with van der Waals surface area (Å²) in [5, 5.41) is 3.48. The first-order valence-corrected chi connectivity index (χ1v) is 6.04. The minimum Gasteiger partial charge on any atom is -0.314 e. The van der Waals surface area contributed by atoms with E-state index in [1.807, 2.05) is 0 Å². The highest BCUT2D eigenvalue weighted by atomic mass is 79.9. The molecule has 1 N–H and O–H groups in total. The number of hydrogen-bond acceptors (Lipinski definition) is 1. The smallest absolute Gasteiger partial charge is 0.0175 e. The summed E-state index contributed by atoms with van der Waals surface area (Å²) in [4.78, 5) is 0. The fourth-order valence-corrected chi connectivity index (χ4v) is 2.43. The lowest BCUT2D eigenvalue weighted by molar-refractivity contribution is 0.381. The third-order valence-electron chi connectivity index (χ3n) is 2.97. The summed E-state index contributed by atoms with van der Waals surface area (Å²) >= 11 is 3.47. The van der Waals surface area contributed by atoms with Crippen molar-refractivity contribution in [3.05, 3.63) is 34.3 Å². The minimum absolute atomic E-state index is 0.664. The van der Waals surface area contributed by atoms with Crippen molar-refractivity contribution in [2.75, 3.05) is 6.54 Å². The second-order valence-corrected chi connectivity index (χ2v) is 5.04. The molecule has 0 aromatic heterocycles. The standard InChI is InChI=1S/C12H16BrN/c1-9-8-11(6-7-14-9)10-2-4-12(13)5-3-10/h2-5,9,11,14H,6-8H2,1H3. The van der Waals surface area contributed by atoms with Crippen LogP contribution >= 0.6 is 15.9 Å². The Kier molecular flexibility index (Phi) is 3.24. The van der Waals surface area contributed by atoms with Crippen molar-refractivity contribution in [3.63, 3.8) is 0 Å². The van der Waals surface area contributed by atoms with E-state index in [0.717, 1.165) is 12.5 Å². The molecule has 76 valence electrons. The molecule has 1 aromatic carbocycles. The molecule has 0 radical (unpaired) electrons. The largest absolute Gasteiger partial charge is 0.314 e. The molecule has 0 aliphatic carbocycles. The zero-order chi connectivity index (χ0) is 9.97. The van der Waals surface area contributed by atoms with E-state index in [1.54, 1.807) is 0 Å². The third kappa shape index (κ3) is 2.37. The van der Waals surface area contributed by atoms with Crippen LogP contribution in [0.15, 0.2) is 28.7 Å². The lowest BCUT2D eigenvalue weighted by Gasteiger charge is -2.28. The maximum Gasteiger partial charge on any atom is 0.0175 e. The SMILES string of the molecule is CC1CC(c2ccc(Br)cc2)CCN1. The van der Waals surface area contributed by atoms with E-state index >= 15 is 0 Å². The van der Waals surface area contributed by atoms with Gasteiger partial charge in [-0.1, -0.05) is 28.1 Å². The van der Waals surface area contributed by atoms with E-state index in [9.17, 15) is 0 Å². The summed E-state index contributed by atoms with van der Waals surface area (Å²) in [6, 6.07) is 9.43. The summed E-state index contributed by atoms with van der Waals surface area (Å²) in [5.74, 6) is 0.749. The highest BCUT2D eigenvalue weighted by Gasteiger charge is 2.19. The van der Waals surface area contributed by atoms with Crippen molar-refractivity contribution < 1.29 is 0 Å². The van der Waals surface area contributed by atoms with Crippen molar-refractivity contribution in [3.8, 4) is 0 Å². The van der Waals surface area contributed by atoms with Gasteiger partial charge in [0.2, 0.25) is 0 Å². The Balaban J connectivity index is 2.10. The van der Waals surface area contributed by atoms with Crippen molar-refractivity contribution in [2.24, 2.45) is 0 Å². The second-order valence-electron chi connectivity index (χ2n) is 4.13. The van der Waals surface area contributed by atoms with Gasteiger partial charge in [0, 0.05) is 10.5 Å². The normalized spacial score (nSPS) is 27.6. The molecule has 1 saturated heterocycles. The van der Waals surface area contributed by atoms with Crippen LogP contribution < -0.4 is 5.32 Å². The first-order chi connectivity index (χ1) is 6.75. The Morgan fingerprint density at radius 3 is 2.64 bits per heavy atom. The van der Waals surface area contributed by atoms with Crippen LogP contribution in [0, 0.1) is 0 Å². The van der Waals surface area contributed by atoms with Gasteiger partial charge < -0.3 is 5.32 Å². The molecule has 2 heteroatoms. The molecular weight excluding hydrogens is 238 g/mol. The molecular formula is C12H16BrN. The molecule has 1 aromatic rings. The average molecular weight is 254 g/mol. The van der Waals surface area contributed by atoms with Gasteiger partial charge in [-0.15, -0.1) is 0 Å². The van der Waals surface area contributed by atoms with Crippen LogP contribution in [0.1, 0.15) is 31.2 Å². The molecule has 1 nitrogen and oxygen atoms in total. The van der Waals surface area contributed by atoms with E-state index in [4.69, 9.17) is 0 Å². The Morgan fingerprint density at radius 2 is 2.00 bits per heavy atom. The van der Waals surface area contributed by atoms with Gasteiger partial charge in [-0.25, -0.2) is 0 Å². The van der Waals surface area contributed by atoms with Gasteiger partial charge in [0.15, 0.2) is 0 Å². The first-order valence-electron chi connectivity index (χ1n) is 5.24. The predicted octanol–water partition coefficient (Wildman–Crippen LogP) is 3.30. The van der Waals surface area contributed by atoms with Crippen molar-refractivity contribution in [2.45, 2.75) is 31.7 Å². The van der Waals surface area contributed by atoms with Gasteiger partial charge in [-0.05, 0) is 49.9 Å². The predicted molar refractivity (Wildman–Crippen MR) is 63.6 cm³/mol. The van der Waals surface area contributed by atoms with E-state index < -0.39 is 0 Å². The summed E-state index contributed by atoms with van der Waals surface area (Å²) in [5.41, 5.74) is 1.49. The number of rotatable bonds is 1. The molecule has 2 atom stereocenters. The number of hydrogen-bond donors (Lipinski definition) is 1. The lowest BCUT2D eigenvalue weighted by Crippen LogP contribution is -2.34. The molecule has 2 unspecified atom stereocenters. The highest BCUT2D eigenvalue weighted by molar-refractivity contribution is 9.10. The maximum atomic E-state index is 3.48. The summed E-state index contributed by atoms with van der Waals surface area (Å²) < 4.78 is 1.17. The van der Waals surface area contributed by atoms with Crippen LogP contribution in [0.25, 0.3) is 0 Å². The molecule has 0 amide bonds. The van der Waals surface area contributed by atoms with Gasteiger partial charge in [-0.3, -0.25) is 0 Å². The van der Waals surface area contributed by atoms with Crippen LogP contribution in [0.4, 0.5) is 0 Å². The monoisotopic (exact) mass is 253 g/mol. The van der Waals surface area contributed by atoms with Crippen molar-refractivity contribution >= 4 is 15.9 Å². The molecule has 0 bridgehead atoms. The molecule has 1 aliphatic heterocycles. The summed E-state index contributed by atoms with van der Waals surface area (Å²) in [6.07, 6.45) is 2.54. The Labute approximate surface area is 94.0 Å². The van der Waals surface area contributed by atoms with Gasteiger partial charge in [0.1, 0.15) is 0 Å².